The molecule has 0 aliphatic carbocycles. The van der Waals surface area contributed by atoms with Gasteiger partial charge in [0.1, 0.15) is 11.5 Å². The summed E-state index contributed by atoms with van der Waals surface area (Å²) < 4.78 is 10.6. The average molecular weight is 282 g/mol. The maximum absolute atomic E-state index is 11.8. The van der Waals surface area contributed by atoms with Gasteiger partial charge < -0.3 is 9.47 Å². The fourth-order valence-corrected chi connectivity index (χ4v) is 1.82. The van der Waals surface area contributed by atoms with Crippen molar-refractivity contribution >= 4 is 12.0 Å². The molecule has 3 heteroatoms. The van der Waals surface area contributed by atoms with Crippen LogP contribution < -0.4 is 9.47 Å². The quantitative estimate of drug-likeness (QED) is 0.472. The highest BCUT2D eigenvalue weighted by molar-refractivity contribution is 5.88. The molecule has 0 radical (unpaired) electrons. The fraction of sp³-hybridized carbons (Fsp3) is 0.167. The Bertz CT molecular complexity index is 627. The van der Waals surface area contributed by atoms with E-state index in [4.69, 9.17) is 9.47 Å². The first-order valence-electron chi connectivity index (χ1n) is 6.87. The van der Waals surface area contributed by atoms with Crippen LogP contribution in [0, 0.1) is 6.92 Å². The molecule has 2 rings (SSSR count). The lowest BCUT2D eigenvalue weighted by atomic mass is 10.2. The van der Waals surface area contributed by atoms with Crippen LogP contribution in [-0.4, -0.2) is 12.6 Å². The van der Waals surface area contributed by atoms with Gasteiger partial charge in [-0.25, -0.2) is 4.79 Å². The van der Waals surface area contributed by atoms with E-state index >= 15 is 0 Å². The molecule has 0 spiro atoms. The number of rotatable bonds is 5. The lowest BCUT2D eigenvalue weighted by Gasteiger charge is -2.04. The Morgan fingerprint density at radius 3 is 2.48 bits per heavy atom. The monoisotopic (exact) mass is 282 g/mol. The van der Waals surface area contributed by atoms with Gasteiger partial charge in [-0.2, -0.15) is 0 Å². The van der Waals surface area contributed by atoms with E-state index in [1.165, 1.54) is 6.08 Å². The first-order valence-corrected chi connectivity index (χ1v) is 6.87. The van der Waals surface area contributed by atoms with Gasteiger partial charge in [0.15, 0.2) is 0 Å². The van der Waals surface area contributed by atoms with Gasteiger partial charge in [-0.15, -0.1) is 0 Å². The molecule has 0 N–H and O–H groups in total. The van der Waals surface area contributed by atoms with Crippen LogP contribution >= 0.6 is 0 Å². The van der Waals surface area contributed by atoms with Gasteiger partial charge in [0.25, 0.3) is 0 Å². The maximum atomic E-state index is 11.8. The second kappa shape index (κ2) is 7.29. The lowest BCUT2D eigenvalue weighted by molar-refractivity contribution is -0.128. The van der Waals surface area contributed by atoms with E-state index in [1.54, 1.807) is 12.1 Å². The summed E-state index contributed by atoms with van der Waals surface area (Å²) in [5.74, 6) is 1.01. The SMILES string of the molecule is CCOc1ccc(/C=C/C(=O)Oc2ccccc2C)cc1. The summed E-state index contributed by atoms with van der Waals surface area (Å²) in [6.07, 6.45) is 3.14. The van der Waals surface area contributed by atoms with Crippen LogP contribution in [0.2, 0.25) is 0 Å². The van der Waals surface area contributed by atoms with Gasteiger partial charge in [0.05, 0.1) is 6.61 Å². The van der Waals surface area contributed by atoms with Crippen molar-refractivity contribution in [2.24, 2.45) is 0 Å². The zero-order valence-corrected chi connectivity index (χ0v) is 12.2. The van der Waals surface area contributed by atoms with E-state index in [-0.39, 0.29) is 0 Å². The number of carbonyl (C=O) groups is 1. The first-order chi connectivity index (χ1) is 10.2. The van der Waals surface area contributed by atoms with Gasteiger partial charge in [-0.3, -0.25) is 0 Å². The zero-order chi connectivity index (χ0) is 15.1. The Balaban J connectivity index is 1.97. The third-order valence-corrected chi connectivity index (χ3v) is 2.91. The highest BCUT2D eigenvalue weighted by atomic mass is 16.5. The number of esters is 1. The number of carbonyl (C=O) groups excluding carboxylic acids is 1. The van der Waals surface area contributed by atoms with Crippen molar-refractivity contribution in [2.45, 2.75) is 13.8 Å². The van der Waals surface area contributed by atoms with Crippen LogP contribution in [0.5, 0.6) is 11.5 Å². The number of para-hydroxylation sites is 1. The molecule has 0 aliphatic rings. The Morgan fingerprint density at radius 1 is 1.10 bits per heavy atom. The molecule has 0 heterocycles. The van der Waals surface area contributed by atoms with Crippen molar-refractivity contribution < 1.29 is 14.3 Å². The van der Waals surface area contributed by atoms with Gasteiger partial charge in [-0.05, 0) is 49.2 Å². The third-order valence-electron chi connectivity index (χ3n) is 2.91. The molecular weight excluding hydrogens is 264 g/mol. The van der Waals surface area contributed by atoms with E-state index in [9.17, 15) is 4.79 Å². The van der Waals surface area contributed by atoms with E-state index in [2.05, 4.69) is 0 Å². The predicted molar refractivity (Wildman–Crippen MR) is 83.5 cm³/mol. The third kappa shape index (κ3) is 4.49. The summed E-state index contributed by atoms with van der Waals surface area (Å²) in [4.78, 5) is 11.8. The molecule has 3 nitrogen and oxygen atoms in total. The number of hydrogen-bond acceptors (Lipinski definition) is 3. The number of ether oxygens (including phenoxy) is 2. The van der Waals surface area contributed by atoms with Crippen LogP contribution in [0.15, 0.2) is 54.6 Å². The molecule has 0 atom stereocenters. The predicted octanol–water partition coefficient (Wildman–Crippen LogP) is 4.01. The molecule has 2 aromatic rings. The Kier molecular flexibility index (Phi) is 5.16. The van der Waals surface area contributed by atoms with Gasteiger partial charge in [-0.1, -0.05) is 30.3 Å². The van der Waals surface area contributed by atoms with Crippen molar-refractivity contribution in [2.75, 3.05) is 6.61 Å². The molecule has 0 amide bonds. The summed E-state index contributed by atoms with van der Waals surface area (Å²) in [6.45, 7) is 4.48. The topological polar surface area (TPSA) is 35.5 Å². The Morgan fingerprint density at radius 2 is 1.81 bits per heavy atom. The summed E-state index contributed by atoms with van der Waals surface area (Å²) in [5.41, 5.74) is 1.85. The van der Waals surface area contributed by atoms with Gasteiger partial charge >= 0.3 is 5.97 Å². The highest BCUT2D eigenvalue weighted by Gasteiger charge is 2.02. The number of hydrogen-bond donors (Lipinski definition) is 0. The minimum Gasteiger partial charge on any atom is -0.494 e. The van der Waals surface area contributed by atoms with Crippen LogP contribution in [-0.2, 0) is 4.79 Å². The largest absolute Gasteiger partial charge is 0.494 e. The standard InChI is InChI=1S/C18H18O3/c1-3-20-16-11-8-15(9-12-16)10-13-18(19)21-17-7-5-4-6-14(17)2/h4-13H,3H2,1-2H3/b13-10+. The lowest BCUT2D eigenvalue weighted by Crippen LogP contribution is -2.04. The number of benzene rings is 2. The normalized spacial score (nSPS) is 10.6. The summed E-state index contributed by atoms with van der Waals surface area (Å²) in [7, 11) is 0. The van der Waals surface area contributed by atoms with Crippen molar-refractivity contribution in [1.29, 1.82) is 0 Å². The molecule has 0 aromatic heterocycles. The average Bonchev–Trinajstić information content (AvgIpc) is 2.49. The van der Waals surface area contributed by atoms with Crippen molar-refractivity contribution in [3.63, 3.8) is 0 Å². The summed E-state index contributed by atoms with van der Waals surface area (Å²) >= 11 is 0. The second-order valence-electron chi connectivity index (χ2n) is 4.52. The second-order valence-corrected chi connectivity index (χ2v) is 4.52. The Labute approximate surface area is 124 Å². The van der Waals surface area contributed by atoms with Crippen molar-refractivity contribution in [3.8, 4) is 11.5 Å². The molecule has 21 heavy (non-hydrogen) atoms. The van der Waals surface area contributed by atoms with Crippen LogP contribution in [0.3, 0.4) is 0 Å². The van der Waals surface area contributed by atoms with Crippen LogP contribution in [0.1, 0.15) is 18.1 Å². The molecule has 2 aromatic carbocycles. The zero-order valence-electron chi connectivity index (χ0n) is 12.2. The van der Waals surface area contributed by atoms with E-state index in [0.717, 1.165) is 16.9 Å². The van der Waals surface area contributed by atoms with Gasteiger partial charge in [0.2, 0.25) is 0 Å². The maximum Gasteiger partial charge on any atom is 0.336 e. The Hall–Kier alpha value is -2.55. The first kappa shape index (κ1) is 14.9. The summed E-state index contributed by atoms with van der Waals surface area (Å²) in [5, 5.41) is 0. The molecule has 108 valence electrons. The van der Waals surface area contributed by atoms with Crippen LogP contribution in [0.25, 0.3) is 6.08 Å². The molecular formula is C18H18O3. The fourth-order valence-electron chi connectivity index (χ4n) is 1.82. The minimum atomic E-state index is -0.391. The summed E-state index contributed by atoms with van der Waals surface area (Å²) in [6, 6.07) is 14.9. The van der Waals surface area contributed by atoms with E-state index in [1.807, 2.05) is 56.3 Å². The molecule has 0 saturated heterocycles. The molecule has 0 aliphatic heterocycles. The molecule has 0 bridgehead atoms. The highest BCUT2D eigenvalue weighted by Crippen LogP contribution is 2.17. The van der Waals surface area contributed by atoms with E-state index < -0.39 is 5.97 Å². The molecule has 0 unspecified atom stereocenters. The van der Waals surface area contributed by atoms with Gasteiger partial charge in [0, 0.05) is 6.08 Å². The van der Waals surface area contributed by atoms with Crippen LogP contribution in [0.4, 0.5) is 0 Å². The van der Waals surface area contributed by atoms with Crippen molar-refractivity contribution in [3.05, 3.63) is 65.7 Å². The molecule has 0 saturated carbocycles. The minimum absolute atomic E-state index is 0.391. The molecule has 0 fully saturated rings. The van der Waals surface area contributed by atoms with Crippen molar-refractivity contribution in [1.82, 2.24) is 0 Å². The van der Waals surface area contributed by atoms with E-state index in [0.29, 0.717) is 12.4 Å². The smallest absolute Gasteiger partial charge is 0.336 e. The number of aryl methyl sites for hydroxylation is 1.